The summed E-state index contributed by atoms with van der Waals surface area (Å²) in [5.41, 5.74) is 8.80. The fourth-order valence-electron chi connectivity index (χ4n) is 2.78. The van der Waals surface area contributed by atoms with E-state index in [0.717, 1.165) is 22.4 Å². The predicted molar refractivity (Wildman–Crippen MR) is 71.3 cm³/mol. The molecule has 0 aliphatic heterocycles. The fourth-order valence-corrected chi connectivity index (χ4v) is 2.78. The Bertz CT molecular complexity index is 543. The molecule has 18 heavy (non-hydrogen) atoms. The highest BCUT2D eigenvalue weighted by Crippen LogP contribution is 2.33. The minimum atomic E-state index is -0.312. The number of H-pyrrole nitrogens is 1. The molecule has 1 fully saturated rings. The highest BCUT2D eigenvalue weighted by atomic mass is 16.3. The first kappa shape index (κ1) is 11.7. The summed E-state index contributed by atoms with van der Waals surface area (Å²) in [6, 6.07) is 5.62. The van der Waals surface area contributed by atoms with Crippen LogP contribution in [0.5, 0.6) is 0 Å². The van der Waals surface area contributed by atoms with Crippen LogP contribution >= 0.6 is 0 Å². The lowest BCUT2D eigenvalue weighted by molar-refractivity contribution is 0.268. The number of imidazole rings is 1. The van der Waals surface area contributed by atoms with Crippen LogP contribution in [0, 0.1) is 0 Å². The maximum Gasteiger partial charge on any atom is 0.110 e. The summed E-state index contributed by atoms with van der Waals surface area (Å²) < 4.78 is 0. The van der Waals surface area contributed by atoms with Gasteiger partial charge in [-0.15, -0.1) is 0 Å². The third-order valence-corrected chi connectivity index (χ3v) is 3.89. The number of benzene rings is 1. The van der Waals surface area contributed by atoms with E-state index in [1.807, 2.05) is 18.2 Å². The van der Waals surface area contributed by atoms with E-state index >= 15 is 0 Å². The molecule has 1 unspecified atom stereocenters. The van der Waals surface area contributed by atoms with Crippen LogP contribution in [0.1, 0.15) is 49.0 Å². The lowest BCUT2D eigenvalue weighted by Crippen LogP contribution is -2.14. The molecule has 2 aromatic rings. The van der Waals surface area contributed by atoms with Crippen LogP contribution in [0.3, 0.4) is 0 Å². The summed E-state index contributed by atoms with van der Waals surface area (Å²) in [5.74, 6) is 1.70. The van der Waals surface area contributed by atoms with Crippen molar-refractivity contribution in [2.75, 3.05) is 6.61 Å². The Morgan fingerprint density at radius 3 is 2.89 bits per heavy atom. The second-order valence-electron chi connectivity index (χ2n) is 5.17. The van der Waals surface area contributed by atoms with Crippen LogP contribution in [0.4, 0.5) is 0 Å². The van der Waals surface area contributed by atoms with Gasteiger partial charge in [0.1, 0.15) is 5.82 Å². The number of aromatic nitrogens is 2. The average molecular weight is 245 g/mol. The van der Waals surface area contributed by atoms with Crippen molar-refractivity contribution in [1.82, 2.24) is 9.97 Å². The number of nitrogens with one attached hydrogen (secondary N) is 1. The van der Waals surface area contributed by atoms with Crippen molar-refractivity contribution >= 4 is 11.0 Å². The number of nitrogens with two attached hydrogens (primary N) is 1. The number of fused-ring (bicyclic) bond motifs is 1. The van der Waals surface area contributed by atoms with Crippen molar-refractivity contribution in [2.45, 2.75) is 37.6 Å². The normalized spacial score (nSPS) is 18.6. The van der Waals surface area contributed by atoms with E-state index in [0.29, 0.717) is 5.92 Å². The van der Waals surface area contributed by atoms with Crippen LogP contribution in [-0.4, -0.2) is 21.7 Å². The fraction of sp³-hybridized carbons (Fsp3) is 0.500. The molecule has 0 bridgehead atoms. The molecule has 1 heterocycles. The molecule has 0 radical (unpaired) electrons. The van der Waals surface area contributed by atoms with Crippen LogP contribution in [-0.2, 0) is 0 Å². The third-order valence-electron chi connectivity index (χ3n) is 3.89. The van der Waals surface area contributed by atoms with E-state index < -0.39 is 0 Å². The van der Waals surface area contributed by atoms with Gasteiger partial charge in [-0.1, -0.05) is 18.9 Å². The molecule has 96 valence electrons. The van der Waals surface area contributed by atoms with E-state index in [-0.39, 0.29) is 12.6 Å². The zero-order chi connectivity index (χ0) is 12.5. The summed E-state index contributed by atoms with van der Waals surface area (Å²) >= 11 is 0. The lowest BCUT2D eigenvalue weighted by atomic mass is 10.1. The number of aliphatic hydroxyl groups is 1. The molecule has 1 saturated carbocycles. The number of hydrogen-bond acceptors (Lipinski definition) is 3. The van der Waals surface area contributed by atoms with Gasteiger partial charge in [-0.25, -0.2) is 4.98 Å². The molecule has 1 aromatic heterocycles. The highest BCUT2D eigenvalue weighted by molar-refractivity contribution is 5.76. The van der Waals surface area contributed by atoms with Gasteiger partial charge in [0.25, 0.3) is 0 Å². The number of aromatic amines is 1. The van der Waals surface area contributed by atoms with E-state index in [9.17, 15) is 0 Å². The second kappa shape index (κ2) is 4.71. The Hall–Kier alpha value is -1.39. The summed E-state index contributed by atoms with van der Waals surface area (Å²) in [5, 5.41) is 9.09. The largest absolute Gasteiger partial charge is 0.394 e. The number of hydrogen-bond donors (Lipinski definition) is 3. The Kier molecular flexibility index (Phi) is 3.06. The van der Waals surface area contributed by atoms with Gasteiger partial charge in [-0.05, 0) is 30.5 Å². The smallest absolute Gasteiger partial charge is 0.110 e. The van der Waals surface area contributed by atoms with Crippen molar-refractivity contribution in [2.24, 2.45) is 5.73 Å². The zero-order valence-corrected chi connectivity index (χ0v) is 10.4. The molecule has 1 aliphatic carbocycles. The Morgan fingerprint density at radius 1 is 1.39 bits per heavy atom. The van der Waals surface area contributed by atoms with Gasteiger partial charge in [-0.2, -0.15) is 0 Å². The minimum absolute atomic E-state index is 0.0326. The Labute approximate surface area is 106 Å². The van der Waals surface area contributed by atoms with Crippen LogP contribution in [0.2, 0.25) is 0 Å². The highest BCUT2D eigenvalue weighted by Gasteiger charge is 2.20. The summed E-state index contributed by atoms with van der Waals surface area (Å²) in [6.45, 7) is -0.0326. The molecule has 1 aliphatic rings. The van der Waals surface area contributed by atoms with Crippen molar-refractivity contribution in [1.29, 1.82) is 0 Å². The molecule has 0 amide bonds. The van der Waals surface area contributed by atoms with Crippen molar-refractivity contribution in [3.05, 3.63) is 29.6 Å². The molecule has 0 spiro atoms. The SMILES string of the molecule is NC(CO)c1ccc2nc(C3CCCC3)[nH]c2c1. The van der Waals surface area contributed by atoms with Crippen LogP contribution in [0.25, 0.3) is 11.0 Å². The first-order valence-corrected chi connectivity index (χ1v) is 6.64. The maximum absolute atomic E-state index is 9.09. The Morgan fingerprint density at radius 2 is 2.17 bits per heavy atom. The molecular formula is C14H19N3O. The monoisotopic (exact) mass is 245 g/mol. The minimum Gasteiger partial charge on any atom is -0.394 e. The maximum atomic E-state index is 9.09. The van der Waals surface area contributed by atoms with E-state index in [1.54, 1.807) is 0 Å². The van der Waals surface area contributed by atoms with Gasteiger partial charge in [0, 0.05) is 5.92 Å². The molecule has 3 rings (SSSR count). The van der Waals surface area contributed by atoms with E-state index in [2.05, 4.69) is 9.97 Å². The predicted octanol–water partition coefficient (Wildman–Crippen LogP) is 2.21. The van der Waals surface area contributed by atoms with Gasteiger partial charge < -0.3 is 15.8 Å². The molecule has 1 aromatic carbocycles. The van der Waals surface area contributed by atoms with Crippen LogP contribution in [0.15, 0.2) is 18.2 Å². The first-order chi connectivity index (χ1) is 8.78. The van der Waals surface area contributed by atoms with Crippen LogP contribution < -0.4 is 5.73 Å². The second-order valence-corrected chi connectivity index (χ2v) is 5.17. The summed E-state index contributed by atoms with van der Waals surface area (Å²) in [7, 11) is 0. The zero-order valence-electron chi connectivity index (χ0n) is 10.4. The number of nitrogens with zero attached hydrogens (tertiary/aromatic N) is 1. The van der Waals surface area contributed by atoms with Crippen molar-refractivity contribution in [3.63, 3.8) is 0 Å². The topological polar surface area (TPSA) is 74.9 Å². The summed E-state index contributed by atoms with van der Waals surface area (Å²) in [4.78, 5) is 8.07. The van der Waals surface area contributed by atoms with Gasteiger partial charge in [0.15, 0.2) is 0 Å². The lowest BCUT2D eigenvalue weighted by Gasteiger charge is -2.07. The van der Waals surface area contributed by atoms with Gasteiger partial charge in [0.2, 0.25) is 0 Å². The van der Waals surface area contributed by atoms with Crippen molar-refractivity contribution < 1.29 is 5.11 Å². The van der Waals surface area contributed by atoms with Gasteiger partial charge in [0.05, 0.1) is 23.7 Å². The Balaban J connectivity index is 1.96. The molecule has 4 nitrogen and oxygen atoms in total. The quantitative estimate of drug-likeness (QED) is 0.776. The first-order valence-electron chi connectivity index (χ1n) is 6.64. The van der Waals surface area contributed by atoms with Gasteiger partial charge in [-0.3, -0.25) is 0 Å². The van der Waals surface area contributed by atoms with E-state index in [4.69, 9.17) is 10.8 Å². The molecule has 4 N–H and O–H groups in total. The van der Waals surface area contributed by atoms with Gasteiger partial charge >= 0.3 is 0 Å². The third kappa shape index (κ3) is 2.02. The molecule has 0 saturated heterocycles. The average Bonchev–Trinajstić information content (AvgIpc) is 3.04. The molecule has 4 heteroatoms. The molecular weight excluding hydrogens is 226 g/mol. The molecule has 1 atom stereocenters. The number of rotatable bonds is 3. The van der Waals surface area contributed by atoms with E-state index in [1.165, 1.54) is 25.7 Å². The standard InChI is InChI=1S/C14H19N3O/c15-11(8-18)10-5-6-12-13(7-10)17-14(16-12)9-3-1-2-4-9/h5-7,9,11,18H,1-4,8,15H2,(H,16,17). The number of aliphatic hydroxyl groups excluding tert-OH is 1. The summed E-state index contributed by atoms with van der Waals surface area (Å²) in [6.07, 6.45) is 5.09. The van der Waals surface area contributed by atoms with Crippen molar-refractivity contribution in [3.8, 4) is 0 Å².